The molecule has 0 saturated heterocycles. The second kappa shape index (κ2) is 13.4. The van der Waals surface area contributed by atoms with E-state index in [9.17, 15) is 5.48 Å². The molecule has 0 aliphatic rings. The zero-order valence-corrected chi connectivity index (χ0v) is 28.5. The van der Waals surface area contributed by atoms with E-state index < -0.39 is 107 Å². The van der Waals surface area contributed by atoms with Crippen LogP contribution in [-0.4, -0.2) is 0 Å². The fourth-order valence-electron chi connectivity index (χ4n) is 7.01. The molecule has 0 aliphatic heterocycles. The third-order valence-electron chi connectivity index (χ3n) is 9.54. The van der Waals surface area contributed by atoms with E-state index >= 15 is 0 Å². The Hall–Kier alpha value is -7.16. The molecule has 254 valence electrons. The summed E-state index contributed by atoms with van der Waals surface area (Å²) in [6.07, 6.45) is 0. The van der Waals surface area contributed by atoms with Gasteiger partial charge in [-0.15, -0.1) is 0 Å². The van der Waals surface area contributed by atoms with Crippen molar-refractivity contribution in [2.75, 3.05) is 4.90 Å². The van der Waals surface area contributed by atoms with Crippen molar-refractivity contribution in [2.45, 2.75) is 0 Å². The molecule has 0 spiro atoms. The number of benzene rings is 9. The van der Waals surface area contributed by atoms with Crippen LogP contribution in [0.5, 0.6) is 0 Å². The molecule has 0 N–H and O–H groups in total. The highest BCUT2D eigenvalue weighted by molar-refractivity contribution is 6.22. The number of anilines is 3. The van der Waals surface area contributed by atoms with Crippen LogP contribution in [0, 0.1) is 0 Å². The van der Waals surface area contributed by atoms with Crippen LogP contribution in [0.4, 0.5) is 17.1 Å². The van der Waals surface area contributed by atoms with Gasteiger partial charge in [-0.3, -0.25) is 0 Å². The van der Waals surface area contributed by atoms with Gasteiger partial charge in [0.2, 0.25) is 0 Å². The monoisotopic (exact) mass is 703 g/mol. The number of nitrogens with zero attached hydrogens (tertiary/aromatic N) is 1. The Bertz CT molecular complexity index is 3640. The first-order valence-electron chi connectivity index (χ1n) is 24.3. The second-order valence-electron chi connectivity index (χ2n) is 12.7. The molecule has 0 radical (unpaired) electrons. The standard InChI is InChI=1S/C52H35NO/c1-4-13-36(14-5-1)38-23-25-39(26-24-38)40-27-29-42(30-28-40)47-35-48-51-49(21-12-22-50(51)54-52(48)46-20-11-10-19-45(46)47)53(43-17-8-3-9-18-43)44-33-31-41(32-34-44)37-15-6-2-7-16-37/h1-35H/i2D,3D,6D,7D,8D,9D,15D,16D,17D,18D,31D,32D,33D,34D. The molecule has 2 nitrogen and oxygen atoms in total. The lowest BCUT2D eigenvalue weighted by Gasteiger charge is -2.26. The Kier molecular flexibility index (Phi) is 5.02. The molecule has 0 bridgehead atoms. The van der Waals surface area contributed by atoms with E-state index in [0.29, 0.717) is 21.9 Å². The first kappa shape index (κ1) is 20.2. The van der Waals surface area contributed by atoms with E-state index in [1.165, 1.54) is 0 Å². The average Bonchev–Trinajstić information content (AvgIpc) is 3.76. The molecule has 9 aromatic carbocycles. The number of fused-ring (bicyclic) bond motifs is 5. The highest BCUT2D eigenvalue weighted by Crippen LogP contribution is 2.46. The molecule has 54 heavy (non-hydrogen) atoms. The SMILES string of the molecule is [2H]c1c([2H])c([2H])c(-c2c([2H])c([2H])c(N(c3c([2H])c([2H])c([2H])c([2H])c3[2H])c3cccc4oc5c6ccccc6c(-c6ccc(-c7ccc(-c8ccccc8)cc7)cc6)cc5c34)c([2H])c2[2H])c([2H])c1[2H]. The van der Waals surface area contributed by atoms with Crippen LogP contribution in [0.3, 0.4) is 0 Å². The number of hydrogen-bond donors (Lipinski definition) is 0. The van der Waals surface area contributed by atoms with Crippen molar-refractivity contribution < 1.29 is 23.6 Å². The second-order valence-corrected chi connectivity index (χ2v) is 12.7. The Morgan fingerprint density at radius 3 is 1.59 bits per heavy atom. The minimum absolute atomic E-state index is 0.0895. The van der Waals surface area contributed by atoms with Gasteiger partial charge in [-0.1, -0.05) is 170 Å². The first-order valence-corrected chi connectivity index (χ1v) is 17.3. The van der Waals surface area contributed by atoms with Crippen LogP contribution < -0.4 is 4.90 Å². The van der Waals surface area contributed by atoms with Gasteiger partial charge in [0.15, 0.2) is 0 Å². The molecule has 0 saturated carbocycles. The molecular weight excluding hydrogens is 655 g/mol. The summed E-state index contributed by atoms with van der Waals surface area (Å²) in [4.78, 5) is 1.11. The van der Waals surface area contributed by atoms with Gasteiger partial charge in [0, 0.05) is 22.1 Å². The fourth-order valence-corrected chi connectivity index (χ4v) is 7.01. The molecule has 1 heterocycles. The molecule has 10 aromatic rings. The van der Waals surface area contributed by atoms with Crippen molar-refractivity contribution in [1.29, 1.82) is 0 Å². The maximum atomic E-state index is 9.49. The van der Waals surface area contributed by atoms with Gasteiger partial charge < -0.3 is 9.32 Å². The maximum Gasteiger partial charge on any atom is 0.143 e. The number of rotatable bonds is 7. The molecule has 1 aromatic heterocycles. The number of hydrogen-bond acceptors (Lipinski definition) is 2. The van der Waals surface area contributed by atoms with Gasteiger partial charge >= 0.3 is 0 Å². The summed E-state index contributed by atoms with van der Waals surface area (Å²) in [5.74, 6) is 0. The quantitative estimate of drug-likeness (QED) is 0.164. The minimum Gasteiger partial charge on any atom is -0.455 e. The van der Waals surface area contributed by atoms with Crippen LogP contribution in [0.15, 0.2) is 216 Å². The summed E-state index contributed by atoms with van der Waals surface area (Å²) in [7, 11) is 0. The predicted molar refractivity (Wildman–Crippen MR) is 228 cm³/mol. The van der Waals surface area contributed by atoms with Gasteiger partial charge in [-0.05, 0) is 92.3 Å². The molecule has 0 unspecified atom stereocenters. The van der Waals surface area contributed by atoms with Crippen molar-refractivity contribution >= 4 is 49.8 Å². The normalized spacial score (nSPS) is 15.0. The maximum absolute atomic E-state index is 9.49. The van der Waals surface area contributed by atoms with Crippen molar-refractivity contribution in [3.8, 4) is 44.5 Å². The van der Waals surface area contributed by atoms with E-state index in [0.717, 1.165) is 49.1 Å². The minimum atomic E-state index is -0.787. The van der Waals surface area contributed by atoms with Crippen molar-refractivity contribution in [2.24, 2.45) is 0 Å². The van der Waals surface area contributed by atoms with Crippen LogP contribution in [0.1, 0.15) is 19.2 Å². The fraction of sp³-hybridized carbons (Fsp3) is 0. The first-order chi connectivity index (χ1) is 32.6. The lowest BCUT2D eigenvalue weighted by molar-refractivity contribution is 0.672. The summed E-state index contributed by atoms with van der Waals surface area (Å²) < 4.78 is 130. The highest BCUT2D eigenvalue weighted by Gasteiger charge is 2.22. The van der Waals surface area contributed by atoms with E-state index in [4.69, 9.17) is 18.1 Å². The lowest BCUT2D eigenvalue weighted by atomic mass is 9.93. The predicted octanol–water partition coefficient (Wildman–Crippen LogP) is 14.9. The largest absolute Gasteiger partial charge is 0.455 e. The highest BCUT2D eigenvalue weighted by atomic mass is 16.3. The zero-order valence-electron chi connectivity index (χ0n) is 42.5. The van der Waals surface area contributed by atoms with Crippen molar-refractivity contribution in [1.82, 2.24) is 0 Å². The number of para-hydroxylation sites is 1. The van der Waals surface area contributed by atoms with Crippen LogP contribution in [0.25, 0.3) is 77.2 Å². The van der Waals surface area contributed by atoms with Gasteiger partial charge in [0.1, 0.15) is 11.2 Å². The number of furan rings is 1. The molecule has 0 fully saturated rings. The van der Waals surface area contributed by atoms with E-state index in [1.54, 1.807) is 18.2 Å². The molecule has 2 heteroatoms. The van der Waals surface area contributed by atoms with E-state index in [-0.39, 0.29) is 5.69 Å². The molecule has 0 aliphatic carbocycles. The van der Waals surface area contributed by atoms with Crippen LogP contribution in [0.2, 0.25) is 0 Å². The summed E-state index contributed by atoms with van der Waals surface area (Å²) in [5, 5.41) is 2.51. The van der Waals surface area contributed by atoms with Gasteiger partial charge in [-0.2, -0.15) is 0 Å². The van der Waals surface area contributed by atoms with Gasteiger partial charge in [0.05, 0.1) is 30.3 Å². The van der Waals surface area contributed by atoms with Gasteiger partial charge in [-0.25, -0.2) is 0 Å². The Labute approximate surface area is 334 Å². The Morgan fingerprint density at radius 1 is 0.389 bits per heavy atom. The van der Waals surface area contributed by atoms with E-state index in [1.807, 2.05) is 72.8 Å². The molecule has 0 amide bonds. The average molecular weight is 704 g/mol. The Balaban J connectivity index is 1.22. The van der Waals surface area contributed by atoms with Crippen LogP contribution >= 0.6 is 0 Å². The summed E-state index contributed by atoms with van der Waals surface area (Å²) in [5.41, 5.74) is 4.66. The van der Waals surface area contributed by atoms with E-state index in [2.05, 4.69) is 36.4 Å². The molecular formula is C52H35NO. The lowest BCUT2D eigenvalue weighted by Crippen LogP contribution is -2.10. The summed E-state index contributed by atoms with van der Waals surface area (Å²) >= 11 is 0. The van der Waals surface area contributed by atoms with Crippen LogP contribution in [-0.2, 0) is 0 Å². The smallest absolute Gasteiger partial charge is 0.143 e. The zero-order chi connectivity index (χ0) is 48.0. The van der Waals surface area contributed by atoms with Crippen molar-refractivity contribution in [3.63, 3.8) is 0 Å². The third-order valence-corrected chi connectivity index (χ3v) is 9.54. The van der Waals surface area contributed by atoms with Crippen molar-refractivity contribution in [3.05, 3.63) is 212 Å². The summed E-state index contributed by atoms with van der Waals surface area (Å²) in [6.45, 7) is 0. The summed E-state index contributed by atoms with van der Waals surface area (Å²) in [6, 6.07) is 30.8. The third kappa shape index (κ3) is 5.62. The molecule has 0 atom stereocenters. The Morgan fingerprint density at radius 2 is 0.926 bits per heavy atom. The van der Waals surface area contributed by atoms with Gasteiger partial charge in [0.25, 0.3) is 0 Å². The molecule has 10 rings (SSSR count). The topological polar surface area (TPSA) is 16.4 Å².